The summed E-state index contributed by atoms with van der Waals surface area (Å²) in [5, 5.41) is 8.35. The predicted molar refractivity (Wildman–Crippen MR) is 90.1 cm³/mol. The van der Waals surface area contributed by atoms with E-state index >= 15 is 0 Å². The molecule has 2 heterocycles. The number of nitrogens with zero attached hydrogens (tertiary/aromatic N) is 4. The molecule has 23 heavy (non-hydrogen) atoms. The minimum atomic E-state index is -0.149. The summed E-state index contributed by atoms with van der Waals surface area (Å²) in [6.07, 6.45) is 0.782. The summed E-state index contributed by atoms with van der Waals surface area (Å²) in [4.78, 5) is 28.5. The molecule has 0 radical (unpaired) electrons. The summed E-state index contributed by atoms with van der Waals surface area (Å²) in [5.74, 6) is 0.277. The van der Waals surface area contributed by atoms with Crippen molar-refractivity contribution in [3.05, 3.63) is 0 Å². The first-order valence-corrected chi connectivity index (χ1v) is 8.43. The van der Waals surface area contributed by atoms with Crippen molar-refractivity contribution in [2.24, 2.45) is 11.0 Å². The summed E-state index contributed by atoms with van der Waals surface area (Å²) >= 11 is 0. The van der Waals surface area contributed by atoms with Crippen LogP contribution in [0.4, 0.5) is 0 Å². The SMILES string of the molecule is CC(C)C(CNC(=O)C1=NN(C)C(=O)CC1)N1CCN(C)CC1. The number of likely N-dealkylation sites (N-methyl/N-ethyl adjacent to an activating group) is 1. The lowest BCUT2D eigenvalue weighted by Crippen LogP contribution is -2.54. The molecule has 0 aromatic carbocycles. The predicted octanol–water partition coefficient (Wildman–Crippen LogP) is -0.0172. The molecule has 0 aliphatic carbocycles. The summed E-state index contributed by atoms with van der Waals surface area (Å²) < 4.78 is 0. The van der Waals surface area contributed by atoms with E-state index in [1.165, 1.54) is 5.01 Å². The highest BCUT2D eigenvalue weighted by atomic mass is 16.2. The summed E-state index contributed by atoms with van der Waals surface area (Å²) in [5.41, 5.74) is 0.452. The van der Waals surface area contributed by atoms with Gasteiger partial charge in [-0.3, -0.25) is 14.5 Å². The van der Waals surface area contributed by atoms with Crippen molar-refractivity contribution in [2.45, 2.75) is 32.7 Å². The second kappa shape index (κ2) is 7.88. The number of carbonyl (C=O) groups is 2. The maximum absolute atomic E-state index is 12.3. The van der Waals surface area contributed by atoms with Gasteiger partial charge in [0.25, 0.3) is 5.91 Å². The van der Waals surface area contributed by atoms with Gasteiger partial charge in [0.15, 0.2) is 0 Å². The number of rotatable bonds is 5. The van der Waals surface area contributed by atoms with Crippen molar-refractivity contribution in [1.29, 1.82) is 0 Å². The Morgan fingerprint density at radius 1 is 1.17 bits per heavy atom. The first-order chi connectivity index (χ1) is 10.9. The highest BCUT2D eigenvalue weighted by Crippen LogP contribution is 2.13. The summed E-state index contributed by atoms with van der Waals surface area (Å²) in [6.45, 7) is 9.21. The number of carbonyl (C=O) groups excluding carboxylic acids is 2. The van der Waals surface area contributed by atoms with Gasteiger partial charge in [-0.1, -0.05) is 13.8 Å². The van der Waals surface area contributed by atoms with E-state index < -0.39 is 0 Å². The van der Waals surface area contributed by atoms with Gasteiger partial charge in [0.1, 0.15) is 5.71 Å². The highest BCUT2D eigenvalue weighted by Gasteiger charge is 2.27. The van der Waals surface area contributed by atoms with Gasteiger partial charge in [-0.05, 0) is 13.0 Å². The van der Waals surface area contributed by atoms with Gasteiger partial charge in [-0.25, -0.2) is 5.01 Å². The molecule has 2 amide bonds. The normalized spacial score (nSPS) is 22.2. The van der Waals surface area contributed by atoms with E-state index in [9.17, 15) is 9.59 Å². The Hall–Kier alpha value is -1.47. The lowest BCUT2D eigenvalue weighted by Gasteiger charge is -2.40. The molecule has 130 valence electrons. The van der Waals surface area contributed by atoms with Crippen LogP contribution in [0.25, 0.3) is 0 Å². The largest absolute Gasteiger partial charge is 0.349 e. The zero-order valence-corrected chi connectivity index (χ0v) is 14.7. The fourth-order valence-corrected chi connectivity index (χ4v) is 3.07. The molecular weight excluding hydrogens is 294 g/mol. The Kier molecular flexibility index (Phi) is 6.12. The van der Waals surface area contributed by atoms with E-state index in [4.69, 9.17) is 0 Å². The Balaban J connectivity index is 1.90. The molecule has 2 aliphatic rings. The van der Waals surface area contributed by atoms with Crippen LogP contribution >= 0.6 is 0 Å². The van der Waals surface area contributed by atoms with E-state index in [0.29, 0.717) is 37.1 Å². The van der Waals surface area contributed by atoms with Crippen LogP contribution in [-0.2, 0) is 9.59 Å². The van der Waals surface area contributed by atoms with Crippen LogP contribution in [0, 0.1) is 5.92 Å². The second-order valence-electron chi connectivity index (χ2n) is 6.82. The topological polar surface area (TPSA) is 68.2 Å². The summed E-state index contributed by atoms with van der Waals surface area (Å²) in [7, 11) is 3.73. The van der Waals surface area contributed by atoms with Crippen LogP contribution in [0.15, 0.2) is 5.10 Å². The molecule has 2 aliphatic heterocycles. The maximum Gasteiger partial charge on any atom is 0.267 e. The molecule has 1 atom stereocenters. The van der Waals surface area contributed by atoms with Gasteiger partial charge in [0.05, 0.1) is 0 Å². The molecule has 1 unspecified atom stereocenters. The third-order valence-corrected chi connectivity index (χ3v) is 4.72. The lowest BCUT2D eigenvalue weighted by atomic mass is 10.0. The quantitative estimate of drug-likeness (QED) is 0.772. The molecule has 0 spiro atoms. The zero-order valence-electron chi connectivity index (χ0n) is 14.7. The Labute approximate surface area is 138 Å². The third-order valence-electron chi connectivity index (χ3n) is 4.72. The monoisotopic (exact) mass is 323 g/mol. The van der Waals surface area contributed by atoms with Gasteiger partial charge >= 0.3 is 0 Å². The smallest absolute Gasteiger partial charge is 0.267 e. The fourth-order valence-electron chi connectivity index (χ4n) is 3.07. The lowest BCUT2D eigenvalue weighted by molar-refractivity contribution is -0.130. The van der Waals surface area contributed by atoms with E-state index in [1.54, 1.807) is 7.05 Å². The first kappa shape index (κ1) is 17.9. The Bertz CT molecular complexity index is 469. The van der Waals surface area contributed by atoms with Gasteiger partial charge in [-0.2, -0.15) is 5.10 Å². The number of hydrogen-bond donors (Lipinski definition) is 1. The van der Waals surface area contributed by atoms with E-state index in [0.717, 1.165) is 26.2 Å². The van der Waals surface area contributed by atoms with E-state index in [1.807, 2.05) is 0 Å². The standard InChI is InChI=1S/C16H29N5O2/c1-12(2)14(21-9-7-19(3)8-10-21)11-17-16(23)13-5-6-15(22)20(4)18-13/h12,14H,5-11H2,1-4H3,(H,17,23). The average molecular weight is 323 g/mol. The van der Waals surface area contributed by atoms with Crippen LogP contribution in [0.1, 0.15) is 26.7 Å². The number of hydrazone groups is 1. The molecule has 1 saturated heterocycles. The van der Waals surface area contributed by atoms with Gasteiger partial charge in [-0.15, -0.1) is 0 Å². The minimum absolute atomic E-state index is 0.0426. The van der Waals surface area contributed by atoms with Crippen LogP contribution in [0.3, 0.4) is 0 Å². The molecule has 0 aromatic heterocycles. The number of hydrogen-bond acceptors (Lipinski definition) is 5. The van der Waals surface area contributed by atoms with Crippen molar-refractivity contribution in [1.82, 2.24) is 20.1 Å². The van der Waals surface area contributed by atoms with Gasteiger partial charge < -0.3 is 10.2 Å². The van der Waals surface area contributed by atoms with Crippen LogP contribution in [0.2, 0.25) is 0 Å². The molecule has 1 N–H and O–H groups in total. The Morgan fingerprint density at radius 3 is 2.39 bits per heavy atom. The second-order valence-corrected chi connectivity index (χ2v) is 6.82. The van der Waals surface area contributed by atoms with Crippen molar-refractivity contribution < 1.29 is 9.59 Å². The third kappa shape index (κ3) is 4.75. The molecule has 0 bridgehead atoms. The molecule has 7 nitrogen and oxygen atoms in total. The maximum atomic E-state index is 12.3. The Morgan fingerprint density at radius 2 is 1.83 bits per heavy atom. The van der Waals surface area contributed by atoms with Crippen LogP contribution in [-0.4, -0.2) is 85.2 Å². The van der Waals surface area contributed by atoms with Crippen molar-refractivity contribution in [3.8, 4) is 0 Å². The molecule has 0 saturated carbocycles. The van der Waals surface area contributed by atoms with Crippen LogP contribution in [0.5, 0.6) is 0 Å². The summed E-state index contributed by atoms with van der Waals surface area (Å²) in [6, 6.07) is 0.330. The van der Waals surface area contributed by atoms with E-state index in [-0.39, 0.29) is 11.8 Å². The van der Waals surface area contributed by atoms with E-state index in [2.05, 4.69) is 41.1 Å². The molecule has 7 heteroatoms. The van der Waals surface area contributed by atoms with Crippen molar-refractivity contribution in [3.63, 3.8) is 0 Å². The zero-order chi connectivity index (χ0) is 17.0. The first-order valence-electron chi connectivity index (χ1n) is 8.43. The van der Waals surface area contributed by atoms with Gasteiger partial charge in [0, 0.05) is 58.7 Å². The molecule has 2 rings (SSSR count). The molecule has 0 aromatic rings. The molecular formula is C16H29N5O2. The minimum Gasteiger partial charge on any atom is -0.349 e. The van der Waals surface area contributed by atoms with Crippen LogP contribution < -0.4 is 5.32 Å². The van der Waals surface area contributed by atoms with Crippen molar-refractivity contribution >= 4 is 17.5 Å². The number of piperazine rings is 1. The highest BCUT2D eigenvalue weighted by molar-refractivity contribution is 6.39. The molecule has 1 fully saturated rings. The number of amides is 2. The number of nitrogens with one attached hydrogen (secondary N) is 1. The van der Waals surface area contributed by atoms with Crippen molar-refractivity contribution in [2.75, 3.05) is 46.8 Å². The van der Waals surface area contributed by atoms with Gasteiger partial charge in [0.2, 0.25) is 5.91 Å². The fraction of sp³-hybridized carbons (Fsp3) is 0.812. The average Bonchev–Trinajstić information content (AvgIpc) is 2.51.